The van der Waals surface area contributed by atoms with Gasteiger partial charge in [0.05, 0.1) is 12.1 Å². The SMILES string of the molecule is CCCC1(O)CN(CC(=O)Nc2ccc3c(c2)CCC3)C1. The Bertz CT molecular complexity index is 536. The van der Waals surface area contributed by atoms with Gasteiger partial charge >= 0.3 is 0 Å². The van der Waals surface area contributed by atoms with Gasteiger partial charge in [0.2, 0.25) is 5.91 Å². The lowest BCUT2D eigenvalue weighted by Gasteiger charge is -2.46. The molecule has 1 aromatic rings. The highest BCUT2D eigenvalue weighted by Gasteiger charge is 2.40. The smallest absolute Gasteiger partial charge is 0.238 e. The van der Waals surface area contributed by atoms with Gasteiger partial charge in [0.1, 0.15) is 0 Å². The molecule has 4 nitrogen and oxygen atoms in total. The van der Waals surface area contributed by atoms with E-state index in [0.717, 1.165) is 31.4 Å². The Morgan fingerprint density at radius 2 is 2.10 bits per heavy atom. The number of β-amino-alcohol motifs (C(OH)–C–C–N with tert-alkyl or cyclic N) is 1. The second-order valence-corrected chi connectivity index (χ2v) is 6.50. The number of benzene rings is 1. The molecule has 1 heterocycles. The number of nitrogens with zero attached hydrogens (tertiary/aromatic N) is 1. The molecular weight excluding hydrogens is 264 g/mol. The van der Waals surface area contributed by atoms with Gasteiger partial charge in [-0.2, -0.15) is 0 Å². The van der Waals surface area contributed by atoms with E-state index in [0.29, 0.717) is 19.6 Å². The molecule has 21 heavy (non-hydrogen) atoms. The summed E-state index contributed by atoms with van der Waals surface area (Å²) >= 11 is 0. The highest BCUT2D eigenvalue weighted by atomic mass is 16.3. The maximum absolute atomic E-state index is 12.1. The van der Waals surface area contributed by atoms with Gasteiger partial charge in [-0.3, -0.25) is 9.69 Å². The highest BCUT2D eigenvalue weighted by molar-refractivity contribution is 5.92. The minimum absolute atomic E-state index is 0.00601. The molecule has 0 bridgehead atoms. The second kappa shape index (κ2) is 5.78. The third-order valence-electron chi connectivity index (χ3n) is 4.50. The van der Waals surface area contributed by atoms with Crippen molar-refractivity contribution < 1.29 is 9.90 Å². The molecule has 1 aliphatic heterocycles. The number of fused-ring (bicyclic) bond motifs is 1. The van der Waals surface area contributed by atoms with Crippen molar-refractivity contribution in [1.82, 2.24) is 4.90 Å². The van der Waals surface area contributed by atoms with Gasteiger partial charge in [-0.1, -0.05) is 19.4 Å². The van der Waals surface area contributed by atoms with E-state index in [-0.39, 0.29) is 5.91 Å². The fourth-order valence-corrected chi connectivity index (χ4v) is 3.57. The number of anilines is 1. The molecule has 0 unspecified atom stereocenters. The minimum Gasteiger partial charge on any atom is -0.387 e. The van der Waals surface area contributed by atoms with Crippen LogP contribution >= 0.6 is 0 Å². The van der Waals surface area contributed by atoms with Crippen molar-refractivity contribution in [3.8, 4) is 0 Å². The van der Waals surface area contributed by atoms with Crippen LogP contribution in [-0.4, -0.2) is 41.1 Å². The largest absolute Gasteiger partial charge is 0.387 e. The van der Waals surface area contributed by atoms with Gasteiger partial charge in [0, 0.05) is 18.8 Å². The predicted octanol–water partition coefficient (Wildman–Crippen LogP) is 1.96. The number of hydrogen-bond donors (Lipinski definition) is 2. The zero-order valence-electron chi connectivity index (χ0n) is 12.7. The molecule has 0 spiro atoms. The first kappa shape index (κ1) is 14.5. The Labute approximate surface area is 126 Å². The minimum atomic E-state index is -0.567. The lowest BCUT2D eigenvalue weighted by Crippen LogP contribution is -2.62. The van der Waals surface area contributed by atoms with Crippen molar-refractivity contribution in [2.24, 2.45) is 0 Å². The summed E-state index contributed by atoms with van der Waals surface area (Å²) in [5, 5.41) is 13.1. The Balaban J connectivity index is 1.49. The van der Waals surface area contributed by atoms with Crippen molar-refractivity contribution in [1.29, 1.82) is 0 Å². The summed E-state index contributed by atoms with van der Waals surface area (Å²) in [6.07, 6.45) is 5.29. The molecule has 0 saturated carbocycles. The van der Waals surface area contributed by atoms with E-state index < -0.39 is 5.60 Å². The average molecular weight is 288 g/mol. The quantitative estimate of drug-likeness (QED) is 0.871. The molecule has 1 amide bonds. The molecule has 1 aromatic carbocycles. The van der Waals surface area contributed by atoms with Crippen molar-refractivity contribution in [3.05, 3.63) is 29.3 Å². The zero-order valence-corrected chi connectivity index (χ0v) is 12.7. The maximum Gasteiger partial charge on any atom is 0.238 e. The summed E-state index contributed by atoms with van der Waals surface area (Å²) in [7, 11) is 0. The van der Waals surface area contributed by atoms with Crippen LogP contribution in [-0.2, 0) is 17.6 Å². The number of aryl methyl sites for hydroxylation is 2. The number of hydrogen-bond acceptors (Lipinski definition) is 3. The fraction of sp³-hybridized carbons (Fsp3) is 0.588. The number of carbonyl (C=O) groups is 1. The molecule has 0 radical (unpaired) electrons. The molecule has 1 saturated heterocycles. The fourth-order valence-electron chi connectivity index (χ4n) is 3.57. The molecule has 2 aliphatic rings. The lowest BCUT2D eigenvalue weighted by atomic mass is 9.89. The highest BCUT2D eigenvalue weighted by Crippen LogP contribution is 2.26. The average Bonchev–Trinajstić information content (AvgIpc) is 2.84. The molecule has 1 aliphatic carbocycles. The van der Waals surface area contributed by atoms with E-state index in [2.05, 4.69) is 24.4 Å². The number of rotatable bonds is 5. The molecule has 0 aromatic heterocycles. The van der Waals surface area contributed by atoms with Crippen LogP contribution in [0.1, 0.15) is 37.3 Å². The Hall–Kier alpha value is -1.39. The zero-order chi connectivity index (χ0) is 14.9. The van der Waals surface area contributed by atoms with E-state index in [4.69, 9.17) is 0 Å². The van der Waals surface area contributed by atoms with Crippen molar-refractivity contribution >= 4 is 11.6 Å². The summed E-state index contributed by atoms with van der Waals surface area (Å²) in [5.74, 6) is 0.00601. The summed E-state index contributed by atoms with van der Waals surface area (Å²) in [4.78, 5) is 14.0. The Kier molecular flexibility index (Phi) is 4.00. The maximum atomic E-state index is 12.1. The van der Waals surface area contributed by atoms with Crippen LogP contribution in [0, 0.1) is 0 Å². The van der Waals surface area contributed by atoms with Crippen molar-refractivity contribution in [3.63, 3.8) is 0 Å². The van der Waals surface area contributed by atoms with E-state index in [1.165, 1.54) is 17.5 Å². The summed E-state index contributed by atoms with van der Waals surface area (Å²) in [6.45, 7) is 3.65. The molecule has 1 fully saturated rings. The molecule has 4 heteroatoms. The van der Waals surface area contributed by atoms with Gasteiger partial charge in [-0.05, 0) is 48.9 Å². The predicted molar refractivity (Wildman–Crippen MR) is 83.4 cm³/mol. The summed E-state index contributed by atoms with van der Waals surface area (Å²) < 4.78 is 0. The molecule has 2 N–H and O–H groups in total. The first-order valence-electron chi connectivity index (χ1n) is 7.94. The standard InChI is InChI=1S/C17H24N2O2/c1-2-8-17(21)11-19(12-17)10-16(20)18-15-7-6-13-4-3-5-14(13)9-15/h6-7,9,21H,2-5,8,10-12H2,1H3,(H,18,20). The molecular formula is C17H24N2O2. The van der Waals surface area contributed by atoms with Crippen LogP contribution in [0.15, 0.2) is 18.2 Å². The van der Waals surface area contributed by atoms with Crippen LogP contribution in [0.5, 0.6) is 0 Å². The number of likely N-dealkylation sites (tertiary alicyclic amines) is 1. The lowest BCUT2D eigenvalue weighted by molar-refractivity contribution is -0.129. The van der Waals surface area contributed by atoms with Gasteiger partial charge in [0.15, 0.2) is 0 Å². The number of carbonyl (C=O) groups excluding carboxylic acids is 1. The molecule has 3 rings (SSSR count). The van der Waals surface area contributed by atoms with Crippen molar-refractivity contribution in [2.45, 2.75) is 44.6 Å². The first-order valence-corrected chi connectivity index (χ1v) is 7.94. The Morgan fingerprint density at radius 3 is 2.86 bits per heavy atom. The van der Waals surface area contributed by atoms with Crippen LogP contribution in [0.2, 0.25) is 0 Å². The van der Waals surface area contributed by atoms with E-state index in [9.17, 15) is 9.90 Å². The van der Waals surface area contributed by atoms with Gasteiger partial charge in [-0.25, -0.2) is 0 Å². The summed E-state index contributed by atoms with van der Waals surface area (Å²) in [6, 6.07) is 6.22. The second-order valence-electron chi connectivity index (χ2n) is 6.50. The number of nitrogens with one attached hydrogen (secondary N) is 1. The normalized spacial score (nSPS) is 19.9. The Morgan fingerprint density at radius 1 is 1.33 bits per heavy atom. The van der Waals surface area contributed by atoms with Crippen molar-refractivity contribution in [2.75, 3.05) is 25.0 Å². The van der Waals surface area contributed by atoms with Gasteiger partial charge in [0.25, 0.3) is 0 Å². The van der Waals surface area contributed by atoms with Gasteiger partial charge < -0.3 is 10.4 Å². The first-order chi connectivity index (χ1) is 10.1. The molecule has 114 valence electrons. The van der Waals surface area contributed by atoms with E-state index >= 15 is 0 Å². The van der Waals surface area contributed by atoms with E-state index in [1.807, 2.05) is 11.0 Å². The van der Waals surface area contributed by atoms with Crippen LogP contribution in [0.4, 0.5) is 5.69 Å². The van der Waals surface area contributed by atoms with Crippen LogP contribution < -0.4 is 5.32 Å². The third-order valence-corrected chi connectivity index (χ3v) is 4.50. The number of aliphatic hydroxyl groups is 1. The van der Waals surface area contributed by atoms with Gasteiger partial charge in [-0.15, -0.1) is 0 Å². The van der Waals surface area contributed by atoms with Crippen LogP contribution in [0.25, 0.3) is 0 Å². The topological polar surface area (TPSA) is 52.6 Å². The van der Waals surface area contributed by atoms with E-state index in [1.54, 1.807) is 0 Å². The van der Waals surface area contributed by atoms with Crippen LogP contribution in [0.3, 0.4) is 0 Å². The monoisotopic (exact) mass is 288 g/mol. The third kappa shape index (κ3) is 3.27. The summed E-state index contributed by atoms with van der Waals surface area (Å²) in [5.41, 5.74) is 3.11. The molecule has 0 atom stereocenters. The number of amides is 1.